The van der Waals surface area contributed by atoms with E-state index in [0.29, 0.717) is 25.3 Å². The minimum Gasteiger partial charge on any atom is -0.382 e. The molecule has 3 rings (SSSR count). The van der Waals surface area contributed by atoms with E-state index >= 15 is 0 Å². The van der Waals surface area contributed by atoms with Gasteiger partial charge in [-0.15, -0.1) is 0 Å². The third-order valence-electron chi connectivity index (χ3n) is 3.82. The summed E-state index contributed by atoms with van der Waals surface area (Å²) in [6, 6.07) is 13.2. The third kappa shape index (κ3) is 4.07. The first kappa shape index (κ1) is 17.6. The number of rotatable bonds is 7. The number of non-ortho nitro benzene ring substituents is 1. The summed E-state index contributed by atoms with van der Waals surface area (Å²) >= 11 is 3.41. The lowest BCUT2D eigenvalue weighted by molar-refractivity contribution is -0.383. The molecule has 0 aliphatic rings. The summed E-state index contributed by atoms with van der Waals surface area (Å²) < 4.78 is 11.4. The fourth-order valence-corrected chi connectivity index (χ4v) is 2.89. The van der Waals surface area contributed by atoms with Crippen molar-refractivity contribution in [3.63, 3.8) is 0 Å². The number of hydrogen-bond acceptors (Lipinski definition) is 4. The van der Waals surface area contributed by atoms with Crippen molar-refractivity contribution < 1.29 is 14.4 Å². The van der Waals surface area contributed by atoms with Crippen molar-refractivity contribution in [1.82, 2.24) is 4.98 Å². The van der Waals surface area contributed by atoms with Gasteiger partial charge in [0, 0.05) is 28.7 Å². The Bertz CT molecular complexity index is 890. The van der Waals surface area contributed by atoms with Crippen molar-refractivity contribution in [2.24, 2.45) is 0 Å². The Hall–Kier alpha value is -2.22. The number of hydrogen-bond donors (Lipinski definition) is 1. The van der Waals surface area contributed by atoms with Gasteiger partial charge in [-0.1, -0.05) is 28.1 Å². The molecule has 0 saturated carbocycles. The van der Waals surface area contributed by atoms with Gasteiger partial charge in [-0.25, -0.2) is 0 Å². The van der Waals surface area contributed by atoms with Gasteiger partial charge in [-0.3, -0.25) is 10.1 Å². The highest BCUT2D eigenvalue weighted by atomic mass is 79.9. The van der Waals surface area contributed by atoms with E-state index in [1.807, 2.05) is 36.4 Å². The molecule has 0 spiro atoms. The van der Waals surface area contributed by atoms with Crippen LogP contribution < -0.4 is 0 Å². The summed E-state index contributed by atoms with van der Waals surface area (Å²) in [4.78, 5) is 14.2. The standard InChI is InChI=1S/C18H17BrN2O4/c1-24-6-7-25-11-12-8-14-10-16(13-2-4-15(19)5-3-13)20-18(14)17(9-12)21(22)23/h2-5,8-10,20H,6-7,11H2,1H3. The van der Waals surface area contributed by atoms with E-state index in [2.05, 4.69) is 20.9 Å². The molecule has 6 nitrogen and oxygen atoms in total. The highest BCUT2D eigenvalue weighted by Crippen LogP contribution is 2.32. The molecule has 3 aromatic rings. The summed E-state index contributed by atoms with van der Waals surface area (Å²) in [5.41, 5.74) is 3.13. The van der Waals surface area contributed by atoms with Crippen LogP contribution in [0.15, 0.2) is 46.9 Å². The second kappa shape index (κ2) is 7.77. The van der Waals surface area contributed by atoms with Crippen LogP contribution in [0.4, 0.5) is 5.69 Å². The Morgan fingerprint density at radius 3 is 2.60 bits per heavy atom. The van der Waals surface area contributed by atoms with Crippen LogP contribution in [0.1, 0.15) is 5.56 Å². The fraction of sp³-hybridized carbons (Fsp3) is 0.222. The number of aromatic nitrogens is 1. The van der Waals surface area contributed by atoms with Crippen molar-refractivity contribution in [2.75, 3.05) is 20.3 Å². The van der Waals surface area contributed by atoms with Gasteiger partial charge in [0.1, 0.15) is 5.52 Å². The lowest BCUT2D eigenvalue weighted by Crippen LogP contribution is -2.02. The van der Waals surface area contributed by atoms with E-state index in [9.17, 15) is 10.1 Å². The van der Waals surface area contributed by atoms with Crippen LogP contribution in [-0.4, -0.2) is 30.2 Å². The predicted octanol–water partition coefficient (Wildman–Crippen LogP) is 4.67. The van der Waals surface area contributed by atoms with Crippen LogP contribution >= 0.6 is 15.9 Å². The van der Waals surface area contributed by atoms with E-state index < -0.39 is 0 Å². The van der Waals surface area contributed by atoms with Crippen LogP contribution in [0.2, 0.25) is 0 Å². The molecule has 1 aromatic heterocycles. The molecule has 7 heteroatoms. The summed E-state index contributed by atoms with van der Waals surface area (Å²) in [7, 11) is 1.60. The van der Waals surface area contributed by atoms with Gasteiger partial charge in [-0.2, -0.15) is 0 Å². The van der Waals surface area contributed by atoms with Crippen LogP contribution in [0.3, 0.4) is 0 Å². The predicted molar refractivity (Wildman–Crippen MR) is 99.6 cm³/mol. The molecule has 1 heterocycles. The number of aromatic amines is 1. The van der Waals surface area contributed by atoms with Gasteiger partial charge in [0.2, 0.25) is 0 Å². The second-order valence-electron chi connectivity index (χ2n) is 5.57. The minimum absolute atomic E-state index is 0.0474. The van der Waals surface area contributed by atoms with Gasteiger partial charge in [-0.05, 0) is 35.4 Å². The minimum atomic E-state index is -0.372. The summed E-state index contributed by atoms with van der Waals surface area (Å²) in [5, 5.41) is 12.2. The van der Waals surface area contributed by atoms with E-state index in [0.717, 1.165) is 26.7 Å². The number of nitro groups is 1. The molecule has 0 atom stereocenters. The number of nitro benzene ring substituents is 1. The number of fused-ring (bicyclic) bond motifs is 1. The first-order valence-electron chi connectivity index (χ1n) is 7.71. The third-order valence-corrected chi connectivity index (χ3v) is 4.35. The molecule has 1 N–H and O–H groups in total. The number of nitrogens with one attached hydrogen (secondary N) is 1. The zero-order chi connectivity index (χ0) is 17.8. The summed E-state index contributed by atoms with van der Waals surface area (Å²) in [6.45, 7) is 1.24. The molecule has 0 aliphatic carbocycles. The zero-order valence-corrected chi connectivity index (χ0v) is 15.2. The number of methoxy groups -OCH3 is 1. The largest absolute Gasteiger partial charge is 0.382 e. The molecule has 0 radical (unpaired) electrons. The van der Waals surface area contributed by atoms with Crippen LogP contribution in [0, 0.1) is 10.1 Å². The maximum absolute atomic E-state index is 11.5. The SMILES string of the molecule is COCCOCc1cc([N+](=O)[O-])c2[nH]c(-c3ccc(Br)cc3)cc2c1. The molecular formula is C18H17BrN2O4. The number of H-pyrrole nitrogens is 1. The zero-order valence-electron chi connectivity index (χ0n) is 13.6. The Morgan fingerprint density at radius 1 is 1.16 bits per heavy atom. The molecule has 0 fully saturated rings. The quantitative estimate of drug-likeness (QED) is 0.352. The molecule has 0 unspecified atom stereocenters. The first-order valence-corrected chi connectivity index (χ1v) is 8.50. The number of nitrogens with zero attached hydrogens (tertiary/aromatic N) is 1. The molecular weight excluding hydrogens is 388 g/mol. The Labute approximate surface area is 153 Å². The van der Waals surface area contributed by atoms with Crippen LogP contribution in [0.25, 0.3) is 22.2 Å². The molecule has 0 aliphatic heterocycles. The van der Waals surface area contributed by atoms with Gasteiger partial charge < -0.3 is 14.5 Å². The maximum Gasteiger partial charge on any atom is 0.293 e. The summed E-state index contributed by atoms with van der Waals surface area (Å²) in [6.07, 6.45) is 0. The molecule has 25 heavy (non-hydrogen) atoms. The van der Waals surface area contributed by atoms with Crippen molar-refractivity contribution in [3.05, 3.63) is 62.6 Å². The Balaban J connectivity index is 1.97. The molecule has 0 amide bonds. The lowest BCUT2D eigenvalue weighted by Gasteiger charge is -2.04. The fourth-order valence-electron chi connectivity index (χ4n) is 2.63. The molecule has 0 saturated heterocycles. The highest BCUT2D eigenvalue weighted by molar-refractivity contribution is 9.10. The van der Waals surface area contributed by atoms with Crippen LogP contribution in [0.5, 0.6) is 0 Å². The number of halogens is 1. The van der Waals surface area contributed by atoms with Crippen molar-refractivity contribution in [3.8, 4) is 11.3 Å². The average Bonchev–Trinajstić information content (AvgIpc) is 3.02. The Morgan fingerprint density at radius 2 is 1.92 bits per heavy atom. The van der Waals surface area contributed by atoms with E-state index in [1.165, 1.54) is 0 Å². The number of ether oxygens (including phenoxy) is 2. The van der Waals surface area contributed by atoms with E-state index in [-0.39, 0.29) is 10.6 Å². The van der Waals surface area contributed by atoms with Crippen molar-refractivity contribution in [2.45, 2.75) is 6.61 Å². The number of benzene rings is 2. The topological polar surface area (TPSA) is 77.4 Å². The highest BCUT2D eigenvalue weighted by Gasteiger charge is 2.17. The smallest absolute Gasteiger partial charge is 0.293 e. The molecule has 2 aromatic carbocycles. The van der Waals surface area contributed by atoms with Crippen LogP contribution in [-0.2, 0) is 16.1 Å². The lowest BCUT2D eigenvalue weighted by atomic mass is 10.1. The van der Waals surface area contributed by atoms with Gasteiger partial charge in [0.05, 0.1) is 24.7 Å². The first-order chi connectivity index (χ1) is 12.1. The van der Waals surface area contributed by atoms with Crippen molar-refractivity contribution in [1.29, 1.82) is 0 Å². The van der Waals surface area contributed by atoms with E-state index in [4.69, 9.17) is 9.47 Å². The van der Waals surface area contributed by atoms with Gasteiger partial charge in [0.25, 0.3) is 5.69 Å². The maximum atomic E-state index is 11.5. The Kier molecular flexibility index (Phi) is 5.47. The normalized spacial score (nSPS) is 11.1. The molecule has 130 valence electrons. The summed E-state index contributed by atoms with van der Waals surface area (Å²) in [5.74, 6) is 0. The van der Waals surface area contributed by atoms with Gasteiger partial charge >= 0.3 is 0 Å². The van der Waals surface area contributed by atoms with E-state index in [1.54, 1.807) is 13.2 Å². The molecule has 0 bridgehead atoms. The van der Waals surface area contributed by atoms with Gasteiger partial charge in [0.15, 0.2) is 0 Å². The van der Waals surface area contributed by atoms with Crippen molar-refractivity contribution >= 4 is 32.5 Å². The monoisotopic (exact) mass is 404 g/mol. The average molecular weight is 405 g/mol. The second-order valence-corrected chi connectivity index (χ2v) is 6.49.